The van der Waals surface area contributed by atoms with Crippen molar-refractivity contribution in [2.75, 3.05) is 12.9 Å². The predicted molar refractivity (Wildman–Crippen MR) is 49.3 cm³/mol. The number of hydrogen-bond donors (Lipinski definition) is 0. The Bertz CT molecular complexity index is 302. The summed E-state index contributed by atoms with van der Waals surface area (Å²) in [6, 6.07) is 2.65. The summed E-state index contributed by atoms with van der Waals surface area (Å²) in [4.78, 5) is 0.655. The number of halogens is 2. The zero-order valence-corrected chi connectivity index (χ0v) is 8.25. The topological polar surface area (TPSA) is 9.23 Å². The highest BCUT2D eigenvalue weighted by Crippen LogP contribution is 2.26. The summed E-state index contributed by atoms with van der Waals surface area (Å²) in [7, 11) is 0. The molecule has 0 fully saturated rings. The Kier molecular flexibility index (Phi) is 3.54. The summed E-state index contributed by atoms with van der Waals surface area (Å²) in [5.41, 5.74) is 0. The van der Waals surface area contributed by atoms with E-state index < -0.39 is 11.6 Å². The second-order valence-corrected chi connectivity index (χ2v) is 3.23. The quantitative estimate of drug-likeness (QED) is 0.700. The minimum absolute atomic E-state index is 0.0214. The Labute approximate surface area is 80.1 Å². The molecule has 0 saturated carbocycles. The van der Waals surface area contributed by atoms with Gasteiger partial charge in [-0.25, -0.2) is 4.39 Å². The Morgan fingerprint density at radius 1 is 1.38 bits per heavy atom. The van der Waals surface area contributed by atoms with Crippen LogP contribution >= 0.6 is 11.8 Å². The molecule has 13 heavy (non-hydrogen) atoms. The number of rotatable bonds is 3. The van der Waals surface area contributed by atoms with Gasteiger partial charge in [0, 0.05) is 4.90 Å². The lowest BCUT2D eigenvalue weighted by molar-refractivity contribution is 0.313. The standard InChI is InChI=1S/C9H10F2OS/c1-3-12-8-5-6(13-2)4-7(10)9(8)11/h4-5H,3H2,1-2H3. The second-order valence-electron chi connectivity index (χ2n) is 2.35. The molecule has 0 heterocycles. The molecule has 0 atom stereocenters. The lowest BCUT2D eigenvalue weighted by Gasteiger charge is -2.06. The van der Waals surface area contributed by atoms with E-state index in [1.54, 1.807) is 13.2 Å². The van der Waals surface area contributed by atoms with Crippen molar-refractivity contribution in [3.05, 3.63) is 23.8 Å². The van der Waals surface area contributed by atoms with E-state index in [1.165, 1.54) is 17.8 Å². The van der Waals surface area contributed by atoms with Crippen molar-refractivity contribution in [2.24, 2.45) is 0 Å². The summed E-state index contributed by atoms with van der Waals surface area (Å²) < 4.78 is 30.8. The number of thioether (sulfide) groups is 1. The maximum Gasteiger partial charge on any atom is 0.200 e. The molecule has 0 radical (unpaired) electrons. The lowest BCUT2D eigenvalue weighted by atomic mass is 10.3. The van der Waals surface area contributed by atoms with Crippen LogP contribution in [0.1, 0.15) is 6.92 Å². The highest BCUT2D eigenvalue weighted by Gasteiger charge is 2.10. The van der Waals surface area contributed by atoms with Crippen molar-refractivity contribution < 1.29 is 13.5 Å². The summed E-state index contributed by atoms with van der Waals surface area (Å²) in [5, 5.41) is 0. The van der Waals surface area contributed by atoms with E-state index in [0.29, 0.717) is 11.5 Å². The average Bonchev–Trinajstić information content (AvgIpc) is 2.13. The van der Waals surface area contributed by atoms with Crippen molar-refractivity contribution in [1.29, 1.82) is 0 Å². The maximum atomic E-state index is 13.0. The van der Waals surface area contributed by atoms with Crippen LogP contribution in [-0.4, -0.2) is 12.9 Å². The monoisotopic (exact) mass is 204 g/mol. The predicted octanol–water partition coefficient (Wildman–Crippen LogP) is 3.09. The Morgan fingerprint density at radius 2 is 2.08 bits per heavy atom. The third-order valence-corrected chi connectivity index (χ3v) is 2.21. The largest absolute Gasteiger partial charge is 0.491 e. The molecule has 0 unspecified atom stereocenters. The molecule has 0 bridgehead atoms. The van der Waals surface area contributed by atoms with Gasteiger partial charge in [0.05, 0.1) is 6.61 Å². The van der Waals surface area contributed by atoms with E-state index in [2.05, 4.69) is 0 Å². The Balaban J connectivity index is 3.09. The van der Waals surface area contributed by atoms with Gasteiger partial charge in [-0.2, -0.15) is 4.39 Å². The van der Waals surface area contributed by atoms with Crippen molar-refractivity contribution in [3.63, 3.8) is 0 Å². The van der Waals surface area contributed by atoms with E-state index in [4.69, 9.17) is 4.74 Å². The Hall–Kier alpha value is -0.770. The van der Waals surface area contributed by atoms with Crippen LogP contribution in [0.25, 0.3) is 0 Å². The van der Waals surface area contributed by atoms with Crippen LogP contribution in [0.3, 0.4) is 0 Å². The highest BCUT2D eigenvalue weighted by molar-refractivity contribution is 7.98. The van der Waals surface area contributed by atoms with Gasteiger partial charge in [-0.15, -0.1) is 11.8 Å². The van der Waals surface area contributed by atoms with Crippen molar-refractivity contribution in [1.82, 2.24) is 0 Å². The molecule has 1 nitrogen and oxygen atoms in total. The maximum absolute atomic E-state index is 13.0. The van der Waals surface area contributed by atoms with Crippen molar-refractivity contribution in [2.45, 2.75) is 11.8 Å². The third-order valence-electron chi connectivity index (χ3n) is 1.50. The van der Waals surface area contributed by atoms with E-state index in [1.807, 2.05) is 0 Å². The smallest absolute Gasteiger partial charge is 0.200 e. The molecule has 72 valence electrons. The van der Waals surface area contributed by atoms with Crippen LogP contribution in [0.15, 0.2) is 17.0 Å². The van der Waals surface area contributed by atoms with Gasteiger partial charge in [0.2, 0.25) is 5.82 Å². The van der Waals surface area contributed by atoms with E-state index in [-0.39, 0.29) is 5.75 Å². The molecule has 1 aromatic carbocycles. The minimum atomic E-state index is -0.917. The van der Waals surface area contributed by atoms with Crippen LogP contribution in [0.5, 0.6) is 5.75 Å². The van der Waals surface area contributed by atoms with Crippen LogP contribution in [0, 0.1) is 11.6 Å². The zero-order valence-electron chi connectivity index (χ0n) is 7.43. The first kappa shape index (κ1) is 10.3. The summed E-state index contributed by atoms with van der Waals surface area (Å²) in [5.74, 6) is -1.80. The third kappa shape index (κ3) is 2.34. The molecule has 1 aromatic rings. The van der Waals surface area contributed by atoms with Crippen molar-refractivity contribution in [3.8, 4) is 5.75 Å². The zero-order chi connectivity index (χ0) is 9.84. The van der Waals surface area contributed by atoms with Crippen LogP contribution in [0.4, 0.5) is 8.78 Å². The number of benzene rings is 1. The van der Waals surface area contributed by atoms with E-state index in [0.717, 1.165) is 6.07 Å². The first-order chi connectivity index (χ1) is 6.19. The molecule has 0 saturated heterocycles. The van der Waals surface area contributed by atoms with Gasteiger partial charge >= 0.3 is 0 Å². The lowest BCUT2D eigenvalue weighted by Crippen LogP contribution is -1.97. The fourth-order valence-corrected chi connectivity index (χ4v) is 1.36. The first-order valence-corrected chi connectivity index (χ1v) is 5.07. The molecular weight excluding hydrogens is 194 g/mol. The fraction of sp³-hybridized carbons (Fsp3) is 0.333. The molecule has 0 aliphatic heterocycles. The Morgan fingerprint density at radius 3 is 2.62 bits per heavy atom. The van der Waals surface area contributed by atoms with Gasteiger partial charge in [0.25, 0.3) is 0 Å². The molecule has 0 amide bonds. The molecule has 0 N–H and O–H groups in total. The highest BCUT2D eigenvalue weighted by atomic mass is 32.2. The van der Waals surface area contributed by atoms with Gasteiger partial charge in [-0.3, -0.25) is 0 Å². The number of hydrogen-bond acceptors (Lipinski definition) is 2. The molecule has 4 heteroatoms. The summed E-state index contributed by atoms with van der Waals surface area (Å²) in [6.07, 6.45) is 1.79. The normalized spacial score (nSPS) is 10.2. The van der Waals surface area contributed by atoms with Gasteiger partial charge in [-0.1, -0.05) is 0 Å². The van der Waals surface area contributed by atoms with E-state index >= 15 is 0 Å². The second kappa shape index (κ2) is 4.46. The molecule has 0 aromatic heterocycles. The number of ether oxygens (including phenoxy) is 1. The minimum Gasteiger partial charge on any atom is -0.491 e. The molecule has 0 aliphatic rings. The molecule has 0 spiro atoms. The average molecular weight is 204 g/mol. The molecule has 1 rings (SSSR count). The van der Waals surface area contributed by atoms with Gasteiger partial charge in [0.15, 0.2) is 11.6 Å². The van der Waals surface area contributed by atoms with Crippen molar-refractivity contribution >= 4 is 11.8 Å². The van der Waals surface area contributed by atoms with Crippen LogP contribution < -0.4 is 4.74 Å². The first-order valence-electron chi connectivity index (χ1n) is 3.84. The van der Waals surface area contributed by atoms with Gasteiger partial charge in [-0.05, 0) is 25.3 Å². The molecular formula is C9H10F2OS. The summed E-state index contributed by atoms with van der Waals surface area (Å²) in [6.45, 7) is 2.05. The van der Waals surface area contributed by atoms with Crippen LogP contribution in [-0.2, 0) is 0 Å². The summed E-state index contributed by atoms with van der Waals surface area (Å²) >= 11 is 1.35. The van der Waals surface area contributed by atoms with Gasteiger partial charge in [0.1, 0.15) is 0 Å². The SMILES string of the molecule is CCOc1cc(SC)cc(F)c1F. The van der Waals surface area contributed by atoms with E-state index in [9.17, 15) is 8.78 Å². The fourth-order valence-electron chi connectivity index (χ4n) is 0.919. The van der Waals surface area contributed by atoms with Gasteiger partial charge < -0.3 is 4.74 Å². The van der Waals surface area contributed by atoms with Crippen LogP contribution in [0.2, 0.25) is 0 Å². The molecule has 0 aliphatic carbocycles.